The van der Waals surface area contributed by atoms with Gasteiger partial charge >= 0.3 is 12.1 Å². The quantitative estimate of drug-likeness (QED) is 0.427. The zero-order chi connectivity index (χ0) is 24.8. The van der Waals surface area contributed by atoms with Gasteiger partial charge in [-0.15, -0.1) is 0 Å². The van der Waals surface area contributed by atoms with E-state index in [0.29, 0.717) is 6.61 Å². The fourth-order valence-electron chi connectivity index (χ4n) is 4.75. The SMILES string of the molecule is CCOC(CNC(=O)CC(NC(=O)OCC1c2ccccc2-c2ccccc21)C1CC1)CC(=O)O. The number of hydrogen-bond acceptors (Lipinski definition) is 5. The number of amides is 2. The third-order valence-corrected chi connectivity index (χ3v) is 6.57. The van der Waals surface area contributed by atoms with Crippen molar-refractivity contribution in [1.82, 2.24) is 10.6 Å². The van der Waals surface area contributed by atoms with Gasteiger partial charge in [0, 0.05) is 31.5 Å². The van der Waals surface area contributed by atoms with Crippen LogP contribution in [0.2, 0.25) is 0 Å². The minimum atomic E-state index is -0.981. The molecule has 1 saturated carbocycles. The molecule has 4 rings (SSSR count). The number of ether oxygens (including phenoxy) is 2. The van der Waals surface area contributed by atoms with Crippen molar-refractivity contribution in [2.45, 2.75) is 50.7 Å². The minimum Gasteiger partial charge on any atom is -0.481 e. The molecule has 8 nitrogen and oxygen atoms in total. The second kappa shape index (κ2) is 11.4. The zero-order valence-electron chi connectivity index (χ0n) is 19.9. The number of aliphatic carboxylic acids is 1. The molecule has 35 heavy (non-hydrogen) atoms. The van der Waals surface area contributed by atoms with Crippen LogP contribution in [0.25, 0.3) is 11.1 Å². The number of carboxylic acids is 1. The molecular weight excluding hydrogens is 448 g/mol. The summed E-state index contributed by atoms with van der Waals surface area (Å²) in [7, 11) is 0. The largest absolute Gasteiger partial charge is 0.481 e. The van der Waals surface area contributed by atoms with Gasteiger partial charge in [-0.05, 0) is 47.9 Å². The van der Waals surface area contributed by atoms with E-state index in [4.69, 9.17) is 14.6 Å². The van der Waals surface area contributed by atoms with Gasteiger partial charge in [0.1, 0.15) is 6.61 Å². The van der Waals surface area contributed by atoms with Crippen molar-refractivity contribution in [2.75, 3.05) is 19.8 Å². The maximum atomic E-state index is 12.7. The van der Waals surface area contributed by atoms with Crippen molar-refractivity contribution in [2.24, 2.45) is 5.92 Å². The highest BCUT2D eigenvalue weighted by molar-refractivity contribution is 5.79. The monoisotopic (exact) mass is 480 g/mol. The molecule has 0 bridgehead atoms. The first-order valence-electron chi connectivity index (χ1n) is 12.2. The number of fused-ring (bicyclic) bond motifs is 3. The summed E-state index contributed by atoms with van der Waals surface area (Å²) < 4.78 is 11.0. The second-order valence-corrected chi connectivity index (χ2v) is 9.10. The van der Waals surface area contributed by atoms with Gasteiger partial charge in [-0.25, -0.2) is 4.79 Å². The van der Waals surface area contributed by atoms with Crippen molar-refractivity contribution in [3.8, 4) is 11.1 Å². The third kappa shape index (κ3) is 6.39. The molecule has 2 aromatic rings. The average Bonchev–Trinajstić information content (AvgIpc) is 3.64. The first-order valence-corrected chi connectivity index (χ1v) is 12.2. The van der Waals surface area contributed by atoms with E-state index in [1.807, 2.05) is 24.3 Å². The summed E-state index contributed by atoms with van der Waals surface area (Å²) in [4.78, 5) is 36.1. The van der Waals surface area contributed by atoms with Crippen LogP contribution in [-0.4, -0.2) is 55.0 Å². The van der Waals surface area contributed by atoms with Gasteiger partial charge in [-0.2, -0.15) is 0 Å². The Hall–Kier alpha value is -3.39. The van der Waals surface area contributed by atoms with Crippen molar-refractivity contribution < 1.29 is 29.0 Å². The Morgan fingerprint density at radius 1 is 1.00 bits per heavy atom. The summed E-state index contributed by atoms with van der Waals surface area (Å²) in [5.74, 6) is -1.02. The van der Waals surface area contributed by atoms with Gasteiger partial charge in [0.2, 0.25) is 5.91 Å². The van der Waals surface area contributed by atoms with Crippen molar-refractivity contribution in [1.29, 1.82) is 0 Å². The molecule has 0 heterocycles. The van der Waals surface area contributed by atoms with Crippen molar-refractivity contribution in [3.63, 3.8) is 0 Å². The molecule has 2 unspecified atom stereocenters. The van der Waals surface area contributed by atoms with E-state index < -0.39 is 18.2 Å². The summed E-state index contributed by atoms with van der Waals surface area (Å²) in [6.45, 7) is 2.47. The van der Waals surface area contributed by atoms with Crippen LogP contribution >= 0.6 is 0 Å². The number of nitrogens with one attached hydrogen (secondary N) is 2. The van der Waals surface area contributed by atoms with E-state index in [9.17, 15) is 14.4 Å². The second-order valence-electron chi connectivity index (χ2n) is 9.10. The molecule has 186 valence electrons. The molecule has 0 spiro atoms. The van der Waals surface area contributed by atoms with E-state index in [1.165, 1.54) is 0 Å². The van der Waals surface area contributed by atoms with Crippen LogP contribution in [0.15, 0.2) is 48.5 Å². The number of carbonyl (C=O) groups excluding carboxylic acids is 2. The molecule has 3 N–H and O–H groups in total. The Kier molecular flexibility index (Phi) is 8.02. The standard InChI is InChI=1S/C27H32N2O6/c1-2-34-18(13-26(31)32)15-28-25(30)14-24(17-11-12-17)29-27(33)35-16-23-21-9-5-3-7-19(21)20-8-4-6-10-22(20)23/h3-10,17-18,23-24H,2,11-16H2,1H3,(H,28,30)(H,29,33)(H,31,32). The van der Waals surface area contributed by atoms with E-state index in [0.717, 1.165) is 35.1 Å². The molecule has 2 amide bonds. The van der Waals surface area contributed by atoms with Crippen LogP contribution in [0.5, 0.6) is 0 Å². The molecule has 2 aliphatic rings. The minimum absolute atomic E-state index is 0.0273. The Morgan fingerprint density at radius 2 is 1.63 bits per heavy atom. The first-order chi connectivity index (χ1) is 17.0. The van der Waals surface area contributed by atoms with Gasteiger partial charge in [0.15, 0.2) is 0 Å². The van der Waals surface area contributed by atoms with Gasteiger partial charge in [0.05, 0.1) is 12.5 Å². The van der Waals surface area contributed by atoms with Crippen molar-refractivity contribution in [3.05, 3.63) is 59.7 Å². The van der Waals surface area contributed by atoms with Gasteiger partial charge in [-0.1, -0.05) is 48.5 Å². The normalized spacial score (nSPS) is 16.0. The molecule has 0 radical (unpaired) electrons. The van der Waals surface area contributed by atoms with Crippen LogP contribution in [0.4, 0.5) is 4.79 Å². The zero-order valence-corrected chi connectivity index (χ0v) is 19.9. The Balaban J connectivity index is 1.30. The van der Waals surface area contributed by atoms with E-state index in [1.54, 1.807) is 6.92 Å². The highest BCUT2D eigenvalue weighted by Gasteiger charge is 2.35. The van der Waals surface area contributed by atoms with Crippen LogP contribution in [-0.2, 0) is 19.1 Å². The molecule has 8 heteroatoms. The Morgan fingerprint density at radius 3 is 2.20 bits per heavy atom. The molecule has 2 atom stereocenters. The fraction of sp³-hybridized carbons (Fsp3) is 0.444. The lowest BCUT2D eigenvalue weighted by atomic mass is 9.98. The molecule has 1 fully saturated rings. The van der Waals surface area contributed by atoms with E-state index in [2.05, 4.69) is 34.9 Å². The third-order valence-electron chi connectivity index (χ3n) is 6.57. The number of hydrogen-bond donors (Lipinski definition) is 3. The molecule has 0 aromatic heterocycles. The van der Waals surface area contributed by atoms with Crippen LogP contribution < -0.4 is 10.6 Å². The Labute approximate surface area is 205 Å². The molecule has 0 saturated heterocycles. The van der Waals surface area contributed by atoms with Gasteiger partial charge in [0.25, 0.3) is 0 Å². The van der Waals surface area contributed by atoms with Crippen LogP contribution in [0.3, 0.4) is 0 Å². The van der Waals surface area contributed by atoms with Crippen LogP contribution in [0, 0.1) is 5.92 Å². The smallest absolute Gasteiger partial charge is 0.407 e. The predicted octanol–water partition coefficient (Wildman–Crippen LogP) is 3.69. The molecule has 2 aromatic carbocycles. The van der Waals surface area contributed by atoms with Gasteiger partial charge < -0.3 is 25.2 Å². The maximum absolute atomic E-state index is 12.7. The van der Waals surface area contributed by atoms with Gasteiger partial charge in [-0.3, -0.25) is 9.59 Å². The van der Waals surface area contributed by atoms with Crippen LogP contribution in [0.1, 0.15) is 49.7 Å². The number of rotatable bonds is 12. The highest BCUT2D eigenvalue weighted by atomic mass is 16.5. The Bertz CT molecular complexity index is 1020. The number of benzene rings is 2. The number of alkyl carbamates (subject to hydrolysis) is 1. The summed E-state index contributed by atoms with van der Waals surface area (Å²) in [5, 5.41) is 14.6. The number of carboxylic acid groups (broad SMARTS) is 1. The van der Waals surface area contributed by atoms with E-state index in [-0.39, 0.29) is 49.8 Å². The summed E-state index contributed by atoms with van der Waals surface area (Å²) in [6.07, 6.45) is 0.703. The predicted molar refractivity (Wildman–Crippen MR) is 130 cm³/mol. The average molecular weight is 481 g/mol. The highest BCUT2D eigenvalue weighted by Crippen LogP contribution is 2.44. The van der Waals surface area contributed by atoms with E-state index >= 15 is 0 Å². The lowest BCUT2D eigenvalue weighted by Crippen LogP contribution is -2.42. The lowest BCUT2D eigenvalue weighted by molar-refractivity contribution is -0.140. The lowest BCUT2D eigenvalue weighted by Gasteiger charge is -2.20. The summed E-state index contributed by atoms with van der Waals surface area (Å²) in [5.41, 5.74) is 4.62. The summed E-state index contributed by atoms with van der Waals surface area (Å²) in [6, 6.07) is 16.0. The first kappa shape index (κ1) is 24.7. The van der Waals surface area contributed by atoms with Crippen molar-refractivity contribution >= 4 is 18.0 Å². The maximum Gasteiger partial charge on any atom is 0.407 e. The molecular formula is C27H32N2O6. The molecule has 2 aliphatic carbocycles. The topological polar surface area (TPSA) is 114 Å². The fourth-order valence-corrected chi connectivity index (χ4v) is 4.75. The molecule has 0 aliphatic heterocycles. The summed E-state index contributed by atoms with van der Waals surface area (Å²) >= 11 is 0. The number of carbonyl (C=O) groups is 3.